The van der Waals surface area contributed by atoms with Crippen molar-refractivity contribution in [3.8, 4) is 0 Å². The molecule has 1 aromatic rings. The first-order valence-electron chi connectivity index (χ1n) is 4.55. The number of alkyl halides is 6. The Balaban J connectivity index is 2.90. The highest BCUT2D eigenvalue weighted by molar-refractivity contribution is 8.07. The molecule has 1 aromatic carbocycles. The van der Waals surface area contributed by atoms with Crippen molar-refractivity contribution < 1.29 is 4.79 Å². The Hall–Kier alpha value is 0.980. The zero-order chi connectivity index (χ0) is 14.0. The molecule has 8 heteroatoms. The van der Waals surface area contributed by atoms with Gasteiger partial charge in [0.05, 0.1) is 0 Å². The largest absolute Gasteiger partial charge is 0.357 e. The number of carbonyl (C=O) groups is 1. The Bertz CT molecular complexity index is 397. The summed E-state index contributed by atoms with van der Waals surface area (Å²) in [6.07, 6.45) is 0. The molecule has 100 valence electrons. The molecule has 0 atom stereocenters. The van der Waals surface area contributed by atoms with Crippen LogP contribution in [0.4, 0.5) is 0 Å². The maximum Gasteiger partial charge on any atom is 0.357 e. The second-order valence-corrected chi connectivity index (χ2v) is 11.4. The van der Waals surface area contributed by atoms with Crippen molar-refractivity contribution >= 4 is 86.3 Å². The lowest BCUT2D eigenvalue weighted by atomic mass is 10.2. The molecule has 0 saturated carbocycles. The first kappa shape index (κ1) is 17.0. The Morgan fingerprint density at radius 3 is 1.78 bits per heavy atom. The van der Waals surface area contributed by atoms with Crippen LogP contribution in [0.15, 0.2) is 30.3 Å². The highest BCUT2D eigenvalue weighted by Crippen LogP contribution is 2.48. The minimum absolute atomic E-state index is 0.142. The van der Waals surface area contributed by atoms with Crippen molar-refractivity contribution in [1.29, 1.82) is 0 Å². The molecule has 0 bridgehead atoms. The molecule has 1 nitrogen and oxygen atoms in total. The Morgan fingerprint density at radius 2 is 1.39 bits per heavy atom. The maximum absolute atomic E-state index is 12.0. The molecule has 0 fully saturated rings. The van der Waals surface area contributed by atoms with E-state index in [2.05, 4.69) is 0 Å². The molecule has 0 heterocycles. The summed E-state index contributed by atoms with van der Waals surface area (Å²) in [6, 6.07) is 8.56. The lowest BCUT2D eigenvalue weighted by Gasteiger charge is -2.20. The van der Waals surface area contributed by atoms with Crippen LogP contribution in [0.2, 0.25) is 0 Å². The summed E-state index contributed by atoms with van der Waals surface area (Å²) in [5.74, 6) is -0.381. The van der Waals surface area contributed by atoms with E-state index in [1.807, 2.05) is 0 Å². The molecule has 0 aromatic heterocycles. The summed E-state index contributed by atoms with van der Waals surface area (Å²) in [7, 11) is -1.35. The Kier molecular flexibility index (Phi) is 6.27. The molecule has 0 aliphatic rings. The molecule has 0 radical (unpaired) electrons. The normalized spacial score (nSPS) is 12.8. The smallest absolute Gasteiger partial charge is 0.289 e. The van der Waals surface area contributed by atoms with Gasteiger partial charge >= 0.3 is 6.25 Å². The summed E-state index contributed by atoms with van der Waals surface area (Å²) in [5.41, 5.74) is 0.485. The average Bonchev–Trinajstić information content (AvgIpc) is 2.23. The quantitative estimate of drug-likeness (QED) is 0.398. The van der Waals surface area contributed by atoms with Gasteiger partial charge in [-0.25, -0.2) is 0 Å². The van der Waals surface area contributed by atoms with Crippen LogP contribution in [0.1, 0.15) is 10.4 Å². The van der Waals surface area contributed by atoms with E-state index >= 15 is 0 Å². The molecule has 1 rings (SSSR count). The van der Waals surface area contributed by atoms with Crippen LogP contribution < -0.4 is 0 Å². The van der Waals surface area contributed by atoms with Gasteiger partial charge in [0.25, 0.3) is 0 Å². The third-order valence-electron chi connectivity index (χ3n) is 1.93. The van der Waals surface area contributed by atoms with Crippen LogP contribution in [-0.2, 0) is 10.9 Å². The second-order valence-electron chi connectivity index (χ2n) is 3.22. The molecular formula is C10H7Cl6OS+. The molecule has 0 N–H and O–H groups in total. The van der Waals surface area contributed by atoms with Gasteiger partial charge in [-0.1, -0.05) is 30.3 Å². The minimum atomic E-state index is -1.81. The number of Topliss-reactive ketones (excluding diaryl/α,β-unsaturated/α-hetero) is 1. The fraction of sp³-hybridized carbons (Fsp3) is 0.300. The maximum atomic E-state index is 12.0. The first-order chi connectivity index (χ1) is 8.12. The van der Waals surface area contributed by atoms with E-state index in [9.17, 15) is 4.79 Å². The van der Waals surface area contributed by atoms with Crippen molar-refractivity contribution in [2.45, 2.75) is 6.25 Å². The molecule has 0 unspecified atom stereocenters. The molecule has 0 spiro atoms. The van der Waals surface area contributed by atoms with Gasteiger partial charge in [0.2, 0.25) is 5.78 Å². The second kappa shape index (κ2) is 6.62. The summed E-state index contributed by atoms with van der Waals surface area (Å²) in [6.45, 7) is 0. The van der Waals surface area contributed by atoms with E-state index in [0.29, 0.717) is 5.56 Å². The molecule has 18 heavy (non-hydrogen) atoms. The van der Waals surface area contributed by atoms with E-state index in [4.69, 9.17) is 69.6 Å². The van der Waals surface area contributed by atoms with E-state index in [0.717, 1.165) is 0 Å². The summed E-state index contributed by atoms with van der Waals surface area (Å²) in [4.78, 5) is 12.0. The van der Waals surface area contributed by atoms with Crippen LogP contribution in [-0.4, -0.2) is 17.8 Å². The van der Waals surface area contributed by atoms with E-state index in [1.165, 1.54) is 0 Å². The Morgan fingerprint density at radius 1 is 0.944 bits per heavy atom. The highest BCUT2D eigenvalue weighted by Gasteiger charge is 2.57. The SMILES string of the molecule is O=C(C[S+](C(Cl)(Cl)Cl)C(Cl)(Cl)Cl)c1ccccc1. The number of rotatable bonds is 3. The molecule has 0 amide bonds. The van der Waals surface area contributed by atoms with Gasteiger partial charge < -0.3 is 0 Å². The van der Waals surface area contributed by atoms with Gasteiger partial charge in [-0.05, 0) is 69.6 Å². The predicted molar refractivity (Wildman–Crippen MR) is 83.6 cm³/mol. The molecule has 0 aliphatic carbocycles. The van der Waals surface area contributed by atoms with Crippen molar-refractivity contribution in [2.24, 2.45) is 0 Å². The van der Waals surface area contributed by atoms with E-state index < -0.39 is 17.1 Å². The van der Waals surface area contributed by atoms with Crippen molar-refractivity contribution in [3.05, 3.63) is 35.9 Å². The third kappa shape index (κ3) is 5.16. The van der Waals surface area contributed by atoms with Crippen LogP contribution in [0, 0.1) is 0 Å². The zero-order valence-electron chi connectivity index (χ0n) is 8.68. The van der Waals surface area contributed by atoms with Gasteiger partial charge in [-0.15, -0.1) is 0 Å². The summed E-state index contributed by atoms with van der Waals surface area (Å²) < 4.78 is -3.62. The highest BCUT2D eigenvalue weighted by atomic mass is 35.6. The van der Waals surface area contributed by atoms with Crippen LogP contribution in [0.3, 0.4) is 0 Å². The van der Waals surface area contributed by atoms with Gasteiger partial charge in [0, 0.05) is 5.56 Å². The number of halogens is 6. The van der Waals surface area contributed by atoms with Gasteiger partial charge in [0.15, 0.2) is 5.75 Å². The van der Waals surface area contributed by atoms with Crippen LogP contribution >= 0.6 is 69.6 Å². The topological polar surface area (TPSA) is 17.1 Å². The molecule has 0 saturated heterocycles. The number of hydrogen-bond acceptors (Lipinski definition) is 1. The monoisotopic (exact) mass is 385 g/mol. The van der Waals surface area contributed by atoms with Gasteiger partial charge in [-0.2, -0.15) is 0 Å². The van der Waals surface area contributed by atoms with Crippen molar-refractivity contribution in [2.75, 3.05) is 5.75 Å². The lowest BCUT2D eigenvalue weighted by Crippen LogP contribution is -2.37. The summed E-state index contributed by atoms with van der Waals surface area (Å²) in [5, 5.41) is 0. The predicted octanol–water partition coefficient (Wildman–Crippen LogP) is 5.14. The fourth-order valence-corrected chi connectivity index (χ4v) is 6.28. The van der Waals surface area contributed by atoms with E-state index in [1.54, 1.807) is 30.3 Å². The van der Waals surface area contributed by atoms with E-state index in [-0.39, 0.29) is 11.5 Å². The third-order valence-corrected chi connectivity index (χ3v) is 6.95. The standard InChI is InChI=1S/C10H7Cl6OS/c11-9(12,13)18(10(14,15)16)6-8(17)7-4-2-1-3-5-7/h1-5H,6H2/q+1. The molecule has 0 aliphatic heterocycles. The number of hydrogen-bond donors (Lipinski definition) is 0. The number of ketones is 1. The summed E-state index contributed by atoms with van der Waals surface area (Å²) >= 11 is 34.5. The molecular weight excluding hydrogens is 381 g/mol. The van der Waals surface area contributed by atoms with Crippen LogP contribution in [0.25, 0.3) is 0 Å². The van der Waals surface area contributed by atoms with Crippen molar-refractivity contribution in [3.63, 3.8) is 0 Å². The first-order valence-corrected chi connectivity index (χ1v) is 8.21. The number of carbonyl (C=O) groups excluding carboxylic acids is 1. The average molecular weight is 388 g/mol. The van der Waals surface area contributed by atoms with Crippen LogP contribution in [0.5, 0.6) is 0 Å². The number of benzene rings is 1. The lowest BCUT2D eigenvalue weighted by molar-refractivity contribution is 0.102. The Labute approximate surface area is 138 Å². The van der Waals surface area contributed by atoms with Gasteiger partial charge in [0.1, 0.15) is 10.9 Å². The minimum Gasteiger partial charge on any atom is -0.289 e. The zero-order valence-corrected chi connectivity index (χ0v) is 14.0. The van der Waals surface area contributed by atoms with Crippen molar-refractivity contribution in [1.82, 2.24) is 0 Å². The van der Waals surface area contributed by atoms with Gasteiger partial charge in [-0.3, -0.25) is 4.79 Å². The fourth-order valence-electron chi connectivity index (χ4n) is 1.13.